The Kier molecular flexibility index (Phi) is 7.05. The van der Waals surface area contributed by atoms with Crippen LogP contribution in [-0.4, -0.2) is 65.2 Å². The van der Waals surface area contributed by atoms with Crippen molar-refractivity contribution in [1.29, 1.82) is 0 Å². The minimum Gasteiger partial charge on any atom is -0.493 e. The summed E-state index contributed by atoms with van der Waals surface area (Å²) < 4.78 is 6.00. The van der Waals surface area contributed by atoms with Crippen molar-refractivity contribution in [3.05, 3.63) is 64.2 Å². The molecule has 3 aliphatic rings. The first-order valence-corrected chi connectivity index (χ1v) is 13.5. The van der Waals surface area contributed by atoms with E-state index < -0.39 is 29.2 Å². The van der Waals surface area contributed by atoms with E-state index in [0.717, 1.165) is 48.8 Å². The highest BCUT2D eigenvalue weighted by molar-refractivity contribution is 6.31. The number of halogens is 1. The molecular formula is C29H32ClN3O5. The summed E-state index contributed by atoms with van der Waals surface area (Å²) in [5, 5.41) is 3.08. The summed E-state index contributed by atoms with van der Waals surface area (Å²) in [4.78, 5) is 54.2. The number of amides is 4. The molecule has 0 radical (unpaired) electrons. The zero-order chi connectivity index (χ0) is 27.1. The van der Waals surface area contributed by atoms with Gasteiger partial charge in [-0.1, -0.05) is 42.8 Å². The molecule has 38 heavy (non-hydrogen) atoms. The summed E-state index contributed by atoms with van der Waals surface area (Å²) in [5.41, 5.74) is 0.242. The third-order valence-electron chi connectivity index (χ3n) is 8.31. The van der Waals surface area contributed by atoms with Crippen LogP contribution in [-0.2, 0) is 15.0 Å². The molecule has 0 spiro atoms. The summed E-state index contributed by atoms with van der Waals surface area (Å²) in [6.45, 7) is 6.98. The van der Waals surface area contributed by atoms with Crippen molar-refractivity contribution in [2.24, 2.45) is 0 Å². The third kappa shape index (κ3) is 4.60. The van der Waals surface area contributed by atoms with Crippen LogP contribution in [0.3, 0.4) is 0 Å². The van der Waals surface area contributed by atoms with Gasteiger partial charge in [-0.15, -0.1) is 0 Å². The number of nitrogens with zero attached hydrogens (tertiary/aromatic N) is 2. The van der Waals surface area contributed by atoms with Crippen molar-refractivity contribution < 1.29 is 23.9 Å². The molecule has 8 nitrogen and oxygen atoms in total. The SMILES string of the molecule is CC1(c2ccccc2Cl)CCN(CCCOc2cccc3c2C(=O)N([C@@]2(C)CCC(=O)NC2=O)C3=O)CC1. The Hall–Kier alpha value is -3.23. The zero-order valence-corrected chi connectivity index (χ0v) is 22.5. The minimum atomic E-state index is -1.43. The smallest absolute Gasteiger partial charge is 0.266 e. The number of benzene rings is 2. The minimum absolute atomic E-state index is 0.0625. The summed E-state index contributed by atoms with van der Waals surface area (Å²) in [5.74, 6) is -1.82. The highest BCUT2D eigenvalue weighted by atomic mass is 35.5. The lowest BCUT2D eigenvalue weighted by Gasteiger charge is -2.40. The summed E-state index contributed by atoms with van der Waals surface area (Å²) in [6.07, 6.45) is 2.96. The highest BCUT2D eigenvalue weighted by Gasteiger charge is 2.53. The molecule has 1 atom stereocenters. The largest absolute Gasteiger partial charge is 0.493 e. The van der Waals surface area contributed by atoms with E-state index in [-0.39, 0.29) is 29.4 Å². The predicted molar refractivity (Wildman–Crippen MR) is 142 cm³/mol. The van der Waals surface area contributed by atoms with Crippen molar-refractivity contribution in [3.8, 4) is 5.75 Å². The van der Waals surface area contributed by atoms with Crippen molar-refractivity contribution in [3.63, 3.8) is 0 Å². The van der Waals surface area contributed by atoms with Gasteiger partial charge < -0.3 is 9.64 Å². The number of rotatable bonds is 7. The number of carbonyl (C=O) groups excluding carboxylic acids is 4. The number of carbonyl (C=O) groups is 4. The second kappa shape index (κ2) is 10.2. The van der Waals surface area contributed by atoms with Crippen molar-refractivity contribution in [1.82, 2.24) is 15.1 Å². The van der Waals surface area contributed by atoms with Gasteiger partial charge in [0.25, 0.3) is 17.7 Å². The third-order valence-corrected chi connectivity index (χ3v) is 8.64. The Balaban J connectivity index is 1.18. The maximum atomic E-state index is 13.4. The van der Waals surface area contributed by atoms with Crippen LogP contribution in [0.4, 0.5) is 0 Å². The van der Waals surface area contributed by atoms with Gasteiger partial charge in [0.2, 0.25) is 5.91 Å². The van der Waals surface area contributed by atoms with E-state index in [9.17, 15) is 19.2 Å². The standard InChI is InChI=1S/C29H32ClN3O5/c1-28(20-8-3-4-9-21(20)30)13-16-32(17-14-28)15-6-18-38-22-10-5-7-19-24(22)26(36)33(25(19)35)29(2)12-11-23(34)31-27(29)37/h3-5,7-10H,6,11-18H2,1-2H3,(H,31,34,37)/t29-/m0/s1. The normalized spacial score (nSPS) is 23.4. The summed E-state index contributed by atoms with van der Waals surface area (Å²) in [7, 11) is 0. The number of piperidine rings is 2. The van der Waals surface area contributed by atoms with Crippen LogP contribution in [0.25, 0.3) is 0 Å². The molecule has 0 unspecified atom stereocenters. The Morgan fingerprint density at radius 3 is 2.39 bits per heavy atom. The number of nitrogens with one attached hydrogen (secondary N) is 1. The van der Waals surface area contributed by atoms with Gasteiger partial charge in [-0.25, -0.2) is 0 Å². The Morgan fingerprint density at radius 2 is 1.68 bits per heavy atom. The fourth-order valence-corrected chi connectivity index (χ4v) is 6.15. The fraction of sp³-hybridized carbons (Fsp3) is 0.448. The average molecular weight is 538 g/mol. The quantitative estimate of drug-likeness (QED) is 0.424. The molecule has 3 aliphatic heterocycles. The second-order valence-electron chi connectivity index (χ2n) is 10.9. The molecule has 2 aromatic rings. The van der Waals surface area contributed by atoms with Gasteiger partial charge >= 0.3 is 0 Å². The van der Waals surface area contributed by atoms with Crippen LogP contribution >= 0.6 is 11.6 Å². The number of hydrogen-bond acceptors (Lipinski definition) is 6. The van der Waals surface area contributed by atoms with Crippen LogP contribution in [0, 0.1) is 0 Å². The molecule has 2 fully saturated rings. The maximum absolute atomic E-state index is 13.4. The van der Waals surface area contributed by atoms with E-state index in [4.69, 9.17) is 16.3 Å². The average Bonchev–Trinajstić information content (AvgIpc) is 3.16. The molecule has 0 aromatic heterocycles. The van der Waals surface area contributed by atoms with Crippen LogP contribution in [0.15, 0.2) is 42.5 Å². The molecule has 1 N–H and O–H groups in total. The molecule has 0 aliphatic carbocycles. The molecule has 3 heterocycles. The zero-order valence-electron chi connectivity index (χ0n) is 21.7. The highest BCUT2D eigenvalue weighted by Crippen LogP contribution is 2.39. The number of ether oxygens (including phenoxy) is 1. The van der Waals surface area contributed by atoms with E-state index >= 15 is 0 Å². The lowest BCUT2D eigenvalue weighted by atomic mass is 9.74. The Morgan fingerprint density at radius 1 is 0.947 bits per heavy atom. The lowest BCUT2D eigenvalue weighted by Crippen LogP contribution is -2.62. The van der Waals surface area contributed by atoms with Gasteiger partial charge in [-0.3, -0.25) is 29.4 Å². The van der Waals surface area contributed by atoms with Crippen LogP contribution in [0.2, 0.25) is 5.02 Å². The van der Waals surface area contributed by atoms with E-state index in [1.165, 1.54) is 12.5 Å². The first-order chi connectivity index (χ1) is 18.1. The second-order valence-corrected chi connectivity index (χ2v) is 11.3. The van der Waals surface area contributed by atoms with Gasteiger partial charge in [0.15, 0.2) is 0 Å². The van der Waals surface area contributed by atoms with Crippen molar-refractivity contribution >= 4 is 35.2 Å². The van der Waals surface area contributed by atoms with Gasteiger partial charge in [-0.2, -0.15) is 0 Å². The first-order valence-electron chi connectivity index (χ1n) is 13.1. The Labute approximate surface area is 227 Å². The molecule has 4 amide bonds. The fourth-order valence-electron chi connectivity index (χ4n) is 5.79. The van der Waals surface area contributed by atoms with E-state index in [2.05, 4.69) is 23.2 Å². The van der Waals surface area contributed by atoms with E-state index in [0.29, 0.717) is 12.4 Å². The molecular weight excluding hydrogens is 506 g/mol. The van der Waals surface area contributed by atoms with E-state index in [1.54, 1.807) is 18.2 Å². The topological polar surface area (TPSA) is 96.0 Å². The van der Waals surface area contributed by atoms with Gasteiger partial charge in [0.1, 0.15) is 11.3 Å². The number of hydrogen-bond donors (Lipinski definition) is 1. The molecule has 2 aromatic carbocycles. The molecule has 9 heteroatoms. The molecule has 2 saturated heterocycles. The van der Waals surface area contributed by atoms with Crippen LogP contribution in [0.5, 0.6) is 5.75 Å². The number of fused-ring (bicyclic) bond motifs is 1. The van der Waals surface area contributed by atoms with Gasteiger partial charge in [0, 0.05) is 18.0 Å². The molecule has 200 valence electrons. The van der Waals surface area contributed by atoms with Crippen molar-refractivity contribution in [2.75, 3.05) is 26.2 Å². The molecule has 0 bridgehead atoms. The van der Waals surface area contributed by atoms with Crippen molar-refractivity contribution in [2.45, 2.75) is 56.9 Å². The summed E-state index contributed by atoms with van der Waals surface area (Å²) in [6, 6.07) is 13.0. The van der Waals surface area contributed by atoms with Crippen LogP contribution < -0.4 is 10.1 Å². The number of imide groups is 2. The Bertz CT molecular complexity index is 1300. The predicted octanol–water partition coefficient (Wildman–Crippen LogP) is 3.95. The summed E-state index contributed by atoms with van der Waals surface area (Å²) >= 11 is 6.47. The number of likely N-dealkylation sites (tertiary alicyclic amines) is 1. The first kappa shape index (κ1) is 26.4. The molecule has 0 saturated carbocycles. The van der Waals surface area contributed by atoms with Gasteiger partial charge in [0.05, 0.1) is 17.7 Å². The lowest BCUT2D eigenvalue weighted by molar-refractivity contribution is -0.140. The monoisotopic (exact) mass is 537 g/mol. The van der Waals surface area contributed by atoms with E-state index in [1.807, 2.05) is 18.2 Å². The van der Waals surface area contributed by atoms with Crippen LogP contribution in [0.1, 0.15) is 72.2 Å². The molecule has 5 rings (SSSR count). The van der Waals surface area contributed by atoms with Gasteiger partial charge in [-0.05, 0) is 74.9 Å². The maximum Gasteiger partial charge on any atom is 0.266 e.